The molecule has 3 nitrogen and oxygen atoms in total. The number of alkyl halides is 3. The van der Waals surface area contributed by atoms with Crippen molar-refractivity contribution in [1.29, 1.82) is 0 Å². The zero-order valence-corrected chi connectivity index (χ0v) is 14.7. The number of Topliss-reactive ketones (excluding diaryl/α,β-unsaturated/α-hetero) is 1. The van der Waals surface area contributed by atoms with Crippen molar-refractivity contribution in [3.8, 4) is 11.1 Å². The Hall–Kier alpha value is -2.93. The molecule has 0 bridgehead atoms. The highest BCUT2D eigenvalue weighted by Gasteiger charge is 2.40. The van der Waals surface area contributed by atoms with Crippen molar-refractivity contribution < 1.29 is 22.8 Å². The van der Waals surface area contributed by atoms with E-state index in [0.717, 1.165) is 22.8 Å². The molecule has 1 amide bonds. The van der Waals surface area contributed by atoms with Crippen LogP contribution in [0, 0.1) is 0 Å². The molecule has 0 aliphatic heterocycles. The van der Waals surface area contributed by atoms with Crippen molar-refractivity contribution in [3.05, 3.63) is 82.0 Å². The van der Waals surface area contributed by atoms with Gasteiger partial charge in [0.05, 0.1) is 9.75 Å². The van der Waals surface area contributed by atoms with Crippen molar-refractivity contribution in [2.24, 2.45) is 0 Å². The highest BCUT2D eigenvalue weighted by atomic mass is 32.1. The number of carbonyl (C=O) groups excluding carboxylic acids is 2. The Labute approximate surface area is 157 Å². The molecule has 1 aromatic heterocycles. The Balaban J connectivity index is 1.72. The third-order valence-corrected chi connectivity index (χ3v) is 4.94. The molecule has 1 N–H and O–H groups in total. The van der Waals surface area contributed by atoms with Crippen molar-refractivity contribution >= 4 is 23.0 Å². The van der Waals surface area contributed by atoms with Gasteiger partial charge in [0.1, 0.15) is 0 Å². The lowest BCUT2D eigenvalue weighted by Crippen LogP contribution is -2.22. The normalized spacial score (nSPS) is 11.2. The summed E-state index contributed by atoms with van der Waals surface area (Å²) in [5.74, 6) is -2.47. The molecule has 2 aromatic carbocycles. The van der Waals surface area contributed by atoms with E-state index < -0.39 is 22.7 Å². The van der Waals surface area contributed by atoms with Gasteiger partial charge in [0.15, 0.2) is 0 Å². The first-order valence-corrected chi connectivity index (χ1v) is 8.81. The molecule has 3 aromatic rings. The lowest BCUT2D eigenvalue weighted by Gasteiger charge is -2.10. The van der Waals surface area contributed by atoms with Gasteiger partial charge in [0, 0.05) is 6.54 Å². The van der Waals surface area contributed by atoms with Crippen LogP contribution in [0.2, 0.25) is 0 Å². The Morgan fingerprint density at radius 2 is 1.48 bits per heavy atom. The summed E-state index contributed by atoms with van der Waals surface area (Å²) < 4.78 is 37.4. The summed E-state index contributed by atoms with van der Waals surface area (Å²) in [7, 11) is 0. The monoisotopic (exact) mass is 389 g/mol. The number of nitrogens with one attached hydrogen (secondary N) is 1. The lowest BCUT2D eigenvalue weighted by molar-refractivity contribution is -0.0882. The van der Waals surface area contributed by atoms with Crippen molar-refractivity contribution in [1.82, 2.24) is 5.32 Å². The van der Waals surface area contributed by atoms with Crippen LogP contribution in [-0.2, 0) is 6.54 Å². The summed E-state index contributed by atoms with van der Waals surface area (Å²) in [6.45, 7) is 0.213. The van der Waals surface area contributed by atoms with Crippen LogP contribution in [0.1, 0.15) is 24.9 Å². The van der Waals surface area contributed by atoms with Gasteiger partial charge in [-0.15, -0.1) is 11.3 Å². The quantitative estimate of drug-likeness (QED) is 0.618. The molecule has 0 spiro atoms. The van der Waals surface area contributed by atoms with Crippen molar-refractivity contribution in [2.45, 2.75) is 12.7 Å². The van der Waals surface area contributed by atoms with E-state index in [4.69, 9.17) is 0 Å². The van der Waals surface area contributed by atoms with E-state index in [0.29, 0.717) is 11.3 Å². The Kier molecular flexibility index (Phi) is 5.41. The second-order valence-electron chi connectivity index (χ2n) is 5.70. The first-order valence-electron chi connectivity index (χ1n) is 7.99. The molecule has 7 heteroatoms. The molecule has 138 valence electrons. The maximum Gasteiger partial charge on any atom is 0.455 e. The number of rotatable bonds is 5. The SMILES string of the molecule is O=C(NCc1ccccc1-c1ccccc1)c1ccc(C(=O)C(F)(F)F)s1. The predicted octanol–water partition coefficient (Wildman–Crippen LogP) is 5.09. The second kappa shape index (κ2) is 7.75. The number of hydrogen-bond acceptors (Lipinski definition) is 3. The number of amides is 1. The molecule has 0 aliphatic rings. The minimum Gasteiger partial charge on any atom is -0.347 e. The first-order chi connectivity index (χ1) is 12.9. The number of hydrogen-bond donors (Lipinski definition) is 1. The van der Waals surface area contributed by atoms with Crippen LogP contribution < -0.4 is 5.32 Å². The van der Waals surface area contributed by atoms with E-state index in [-0.39, 0.29) is 11.4 Å². The van der Waals surface area contributed by atoms with Crippen LogP contribution in [-0.4, -0.2) is 17.9 Å². The summed E-state index contributed by atoms with van der Waals surface area (Å²) in [4.78, 5) is 23.0. The number of thiophene rings is 1. The highest BCUT2D eigenvalue weighted by molar-refractivity contribution is 7.16. The van der Waals surface area contributed by atoms with E-state index in [1.807, 2.05) is 54.6 Å². The smallest absolute Gasteiger partial charge is 0.347 e. The van der Waals surface area contributed by atoms with Crippen LogP contribution in [0.3, 0.4) is 0 Å². The average molecular weight is 389 g/mol. The fraction of sp³-hybridized carbons (Fsp3) is 0.100. The third-order valence-electron chi connectivity index (χ3n) is 3.85. The summed E-state index contributed by atoms with van der Waals surface area (Å²) in [6.07, 6.45) is -4.95. The standard InChI is InChI=1S/C20H14F3NO2S/c21-20(22,23)18(25)16-10-11-17(27-16)19(26)24-12-14-8-4-5-9-15(14)13-6-2-1-3-7-13/h1-11H,12H2,(H,24,26). The molecule has 0 fully saturated rings. The summed E-state index contributed by atoms with van der Waals surface area (Å²) in [5.41, 5.74) is 2.83. The molecule has 0 aliphatic carbocycles. The highest BCUT2D eigenvalue weighted by Crippen LogP contribution is 2.27. The van der Waals surface area contributed by atoms with Gasteiger partial charge in [-0.05, 0) is 28.8 Å². The molecule has 0 atom stereocenters. The van der Waals surface area contributed by atoms with Gasteiger partial charge in [-0.2, -0.15) is 13.2 Å². The fourth-order valence-electron chi connectivity index (χ4n) is 2.56. The number of ketones is 1. The molecule has 0 radical (unpaired) electrons. The van der Waals surface area contributed by atoms with E-state index in [2.05, 4.69) is 5.32 Å². The van der Waals surface area contributed by atoms with Crippen molar-refractivity contribution in [3.63, 3.8) is 0 Å². The van der Waals surface area contributed by atoms with E-state index in [9.17, 15) is 22.8 Å². The summed E-state index contributed by atoms with van der Waals surface area (Å²) in [6, 6.07) is 19.4. The van der Waals surface area contributed by atoms with Gasteiger partial charge in [0.2, 0.25) is 0 Å². The minimum absolute atomic E-state index is 0.0554. The predicted molar refractivity (Wildman–Crippen MR) is 97.8 cm³/mol. The molecule has 3 rings (SSSR count). The molecule has 0 saturated heterocycles. The van der Waals surface area contributed by atoms with Crippen LogP contribution in [0.15, 0.2) is 66.7 Å². The van der Waals surface area contributed by atoms with Crippen molar-refractivity contribution in [2.75, 3.05) is 0 Å². The lowest BCUT2D eigenvalue weighted by atomic mass is 10.00. The third kappa shape index (κ3) is 4.43. The van der Waals surface area contributed by atoms with Crippen LogP contribution in [0.5, 0.6) is 0 Å². The van der Waals surface area contributed by atoms with Gasteiger partial charge < -0.3 is 5.32 Å². The molecular weight excluding hydrogens is 375 g/mol. The maximum absolute atomic E-state index is 12.5. The van der Waals surface area contributed by atoms with Crippen LogP contribution >= 0.6 is 11.3 Å². The number of halogens is 3. The largest absolute Gasteiger partial charge is 0.455 e. The average Bonchev–Trinajstić information content (AvgIpc) is 3.16. The topological polar surface area (TPSA) is 46.2 Å². The Morgan fingerprint density at radius 3 is 2.19 bits per heavy atom. The molecular formula is C20H14F3NO2S. The van der Waals surface area contributed by atoms with E-state index in [1.165, 1.54) is 6.07 Å². The van der Waals surface area contributed by atoms with Gasteiger partial charge >= 0.3 is 6.18 Å². The Morgan fingerprint density at radius 1 is 0.852 bits per heavy atom. The van der Waals surface area contributed by atoms with Gasteiger partial charge in [-0.25, -0.2) is 0 Å². The van der Waals surface area contributed by atoms with Gasteiger partial charge in [-0.1, -0.05) is 54.6 Å². The van der Waals surface area contributed by atoms with Crippen LogP contribution in [0.25, 0.3) is 11.1 Å². The zero-order valence-electron chi connectivity index (χ0n) is 13.9. The maximum atomic E-state index is 12.5. The summed E-state index contributed by atoms with van der Waals surface area (Å²) in [5, 5.41) is 2.70. The van der Waals surface area contributed by atoms with Gasteiger partial charge in [-0.3, -0.25) is 9.59 Å². The minimum atomic E-state index is -4.95. The number of carbonyl (C=O) groups is 2. The zero-order chi connectivity index (χ0) is 19.4. The number of benzene rings is 2. The van der Waals surface area contributed by atoms with Gasteiger partial charge in [0.25, 0.3) is 11.7 Å². The summed E-state index contributed by atoms with van der Waals surface area (Å²) >= 11 is 0.530. The molecule has 27 heavy (non-hydrogen) atoms. The second-order valence-corrected chi connectivity index (χ2v) is 6.78. The Bertz CT molecular complexity index is 965. The first kappa shape index (κ1) is 18.8. The van der Waals surface area contributed by atoms with E-state index >= 15 is 0 Å². The molecule has 0 saturated carbocycles. The molecule has 1 heterocycles. The fourth-order valence-corrected chi connectivity index (χ4v) is 3.44. The van der Waals surface area contributed by atoms with E-state index in [1.54, 1.807) is 0 Å². The van der Waals surface area contributed by atoms with Crippen LogP contribution in [0.4, 0.5) is 13.2 Å². The molecule has 0 unspecified atom stereocenters.